The first-order valence-electron chi connectivity index (χ1n) is 6.96. The van der Waals surface area contributed by atoms with Gasteiger partial charge in [-0.3, -0.25) is 9.59 Å². The van der Waals surface area contributed by atoms with E-state index in [0.29, 0.717) is 5.69 Å². The van der Waals surface area contributed by atoms with Crippen molar-refractivity contribution in [1.82, 2.24) is 0 Å². The fourth-order valence-electron chi connectivity index (χ4n) is 2.47. The number of anilines is 1. The summed E-state index contributed by atoms with van der Waals surface area (Å²) in [5, 5.41) is 0. The molecule has 0 unspecified atom stereocenters. The number of benzene rings is 2. The first kappa shape index (κ1) is 14.1. The molecule has 0 bridgehead atoms. The molecule has 2 amide bonds. The normalized spacial score (nSPS) is 14.8. The van der Waals surface area contributed by atoms with Gasteiger partial charge in [-0.15, -0.1) is 0 Å². The summed E-state index contributed by atoms with van der Waals surface area (Å²) in [5.41, 5.74) is 2.18. The van der Waals surface area contributed by atoms with Crippen LogP contribution in [0.2, 0.25) is 0 Å². The molecule has 0 fully saturated rings. The lowest BCUT2D eigenvalue weighted by Crippen LogP contribution is -2.38. The van der Waals surface area contributed by atoms with E-state index in [-0.39, 0.29) is 18.2 Å². The summed E-state index contributed by atoms with van der Waals surface area (Å²) < 4.78 is 5.11. The van der Waals surface area contributed by atoms with Gasteiger partial charge in [0.1, 0.15) is 5.75 Å². The van der Waals surface area contributed by atoms with Gasteiger partial charge in [0.25, 0.3) is 5.91 Å². The van der Waals surface area contributed by atoms with Crippen LogP contribution in [0.1, 0.15) is 12.0 Å². The average Bonchev–Trinajstić information content (AvgIpc) is 2.55. The third-order valence-electron chi connectivity index (χ3n) is 3.58. The number of ether oxygens (including phenoxy) is 1. The SMILES string of the molecule is COc1ccc(C2=CC(=O)N(c3ccccc3)C(=O)C2)cc1. The maximum Gasteiger partial charge on any atom is 0.258 e. The fraction of sp³-hybridized carbons (Fsp3) is 0.111. The highest BCUT2D eigenvalue weighted by Crippen LogP contribution is 2.28. The molecule has 1 heterocycles. The molecule has 0 saturated carbocycles. The molecule has 2 aromatic rings. The van der Waals surface area contributed by atoms with Crippen LogP contribution in [0.15, 0.2) is 60.7 Å². The Labute approximate surface area is 128 Å². The molecule has 1 aliphatic heterocycles. The summed E-state index contributed by atoms with van der Waals surface area (Å²) in [7, 11) is 1.60. The van der Waals surface area contributed by atoms with Crippen molar-refractivity contribution in [3.8, 4) is 5.75 Å². The quantitative estimate of drug-likeness (QED) is 0.817. The van der Waals surface area contributed by atoms with Gasteiger partial charge >= 0.3 is 0 Å². The predicted octanol–water partition coefficient (Wildman–Crippen LogP) is 3.04. The highest BCUT2D eigenvalue weighted by Gasteiger charge is 2.28. The van der Waals surface area contributed by atoms with E-state index in [9.17, 15) is 9.59 Å². The molecule has 22 heavy (non-hydrogen) atoms. The summed E-state index contributed by atoms with van der Waals surface area (Å²) in [6.07, 6.45) is 1.73. The van der Waals surface area contributed by atoms with Crippen LogP contribution in [0.4, 0.5) is 5.69 Å². The Morgan fingerprint density at radius 2 is 1.64 bits per heavy atom. The van der Waals surface area contributed by atoms with Crippen molar-refractivity contribution in [3.63, 3.8) is 0 Å². The number of nitrogens with zero attached hydrogens (tertiary/aromatic N) is 1. The number of amides is 2. The third kappa shape index (κ3) is 2.63. The molecule has 110 valence electrons. The molecule has 0 spiro atoms. The van der Waals surface area contributed by atoms with Gasteiger partial charge in [-0.1, -0.05) is 30.3 Å². The minimum absolute atomic E-state index is 0.201. The predicted molar refractivity (Wildman–Crippen MR) is 84.5 cm³/mol. The van der Waals surface area contributed by atoms with E-state index in [1.807, 2.05) is 30.3 Å². The lowest BCUT2D eigenvalue weighted by molar-refractivity contribution is -0.124. The molecule has 0 aromatic heterocycles. The molecule has 1 aliphatic rings. The van der Waals surface area contributed by atoms with Gasteiger partial charge in [0.2, 0.25) is 5.91 Å². The highest BCUT2D eigenvalue weighted by atomic mass is 16.5. The number of carbonyl (C=O) groups is 2. The first-order chi connectivity index (χ1) is 10.7. The number of para-hydroxylation sites is 1. The van der Waals surface area contributed by atoms with Crippen LogP contribution >= 0.6 is 0 Å². The van der Waals surface area contributed by atoms with Crippen molar-refractivity contribution in [2.45, 2.75) is 6.42 Å². The van der Waals surface area contributed by atoms with Crippen LogP contribution in [0.5, 0.6) is 5.75 Å². The first-order valence-corrected chi connectivity index (χ1v) is 6.96. The molecule has 2 aromatic carbocycles. The molecular weight excluding hydrogens is 278 g/mol. The van der Waals surface area contributed by atoms with Crippen molar-refractivity contribution in [2.24, 2.45) is 0 Å². The largest absolute Gasteiger partial charge is 0.497 e. The van der Waals surface area contributed by atoms with Crippen LogP contribution in [-0.4, -0.2) is 18.9 Å². The smallest absolute Gasteiger partial charge is 0.258 e. The molecule has 0 atom stereocenters. The van der Waals surface area contributed by atoms with Gasteiger partial charge < -0.3 is 4.74 Å². The number of hydrogen-bond donors (Lipinski definition) is 0. The van der Waals surface area contributed by atoms with Crippen LogP contribution in [0, 0.1) is 0 Å². The zero-order valence-electron chi connectivity index (χ0n) is 12.2. The lowest BCUT2D eigenvalue weighted by atomic mass is 9.98. The minimum atomic E-state index is -0.312. The van der Waals surface area contributed by atoms with E-state index in [2.05, 4.69) is 0 Å². The Morgan fingerprint density at radius 3 is 2.23 bits per heavy atom. The van der Waals surface area contributed by atoms with Gasteiger partial charge in [0.15, 0.2) is 0 Å². The van der Waals surface area contributed by atoms with E-state index in [0.717, 1.165) is 16.9 Å². The fourth-order valence-corrected chi connectivity index (χ4v) is 2.47. The van der Waals surface area contributed by atoms with Crippen molar-refractivity contribution in [3.05, 3.63) is 66.2 Å². The summed E-state index contributed by atoms with van der Waals surface area (Å²) in [4.78, 5) is 25.9. The topological polar surface area (TPSA) is 46.6 Å². The molecule has 0 radical (unpaired) electrons. The Bertz CT molecular complexity index is 733. The Hall–Kier alpha value is -2.88. The van der Waals surface area contributed by atoms with Crippen molar-refractivity contribution in [2.75, 3.05) is 12.0 Å². The summed E-state index contributed by atoms with van der Waals surface area (Å²) in [6, 6.07) is 16.3. The summed E-state index contributed by atoms with van der Waals surface area (Å²) >= 11 is 0. The molecule has 4 heteroatoms. The maximum atomic E-state index is 12.4. The van der Waals surface area contributed by atoms with E-state index < -0.39 is 0 Å². The van der Waals surface area contributed by atoms with Crippen LogP contribution in [-0.2, 0) is 9.59 Å². The average molecular weight is 293 g/mol. The van der Waals surface area contributed by atoms with E-state index >= 15 is 0 Å². The second-order valence-corrected chi connectivity index (χ2v) is 4.98. The van der Waals surface area contributed by atoms with Gasteiger partial charge in [-0.25, -0.2) is 4.90 Å². The van der Waals surface area contributed by atoms with Crippen LogP contribution < -0.4 is 9.64 Å². The number of carbonyl (C=O) groups excluding carboxylic acids is 2. The Balaban J connectivity index is 1.91. The van der Waals surface area contributed by atoms with E-state index in [1.54, 1.807) is 31.4 Å². The monoisotopic (exact) mass is 293 g/mol. The third-order valence-corrected chi connectivity index (χ3v) is 3.58. The number of methoxy groups -OCH3 is 1. The standard InChI is InChI=1S/C18H15NO3/c1-22-16-9-7-13(8-10-16)14-11-17(20)19(18(21)12-14)15-5-3-2-4-6-15/h2-11H,12H2,1H3. The van der Waals surface area contributed by atoms with Crippen molar-refractivity contribution >= 4 is 23.1 Å². The van der Waals surface area contributed by atoms with Gasteiger partial charge in [0.05, 0.1) is 19.2 Å². The second-order valence-electron chi connectivity index (χ2n) is 4.98. The maximum absolute atomic E-state index is 12.4. The van der Waals surface area contributed by atoms with Gasteiger partial charge in [-0.05, 0) is 35.4 Å². The lowest BCUT2D eigenvalue weighted by Gasteiger charge is -2.24. The number of rotatable bonds is 3. The summed E-state index contributed by atoms with van der Waals surface area (Å²) in [6.45, 7) is 0. The zero-order chi connectivity index (χ0) is 15.5. The van der Waals surface area contributed by atoms with Gasteiger partial charge in [0, 0.05) is 6.08 Å². The molecular formula is C18H15NO3. The molecule has 4 nitrogen and oxygen atoms in total. The minimum Gasteiger partial charge on any atom is -0.497 e. The van der Waals surface area contributed by atoms with Crippen molar-refractivity contribution < 1.29 is 14.3 Å². The number of hydrogen-bond acceptors (Lipinski definition) is 3. The Morgan fingerprint density at radius 1 is 0.955 bits per heavy atom. The molecule has 0 saturated heterocycles. The zero-order valence-corrected chi connectivity index (χ0v) is 12.2. The highest BCUT2D eigenvalue weighted by molar-refractivity contribution is 6.25. The number of imide groups is 1. The van der Waals surface area contributed by atoms with E-state index in [4.69, 9.17) is 4.74 Å². The summed E-state index contributed by atoms with van der Waals surface area (Å²) in [5.74, 6) is 0.210. The Kier molecular flexibility index (Phi) is 3.74. The molecule has 0 aliphatic carbocycles. The second kappa shape index (κ2) is 5.85. The van der Waals surface area contributed by atoms with Crippen molar-refractivity contribution in [1.29, 1.82) is 0 Å². The van der Waals surface area contributed by atoms with Crippen LogP contribution in [0.25, 0.3) is 5.57 Å². The van der Waals surface area contributed by atoms with E-state index in [1.165, 1.54) is 11.0 Å². The molecule has 3 rings (SSSR count). The van der Waals surface area contributed by atoms with Crippen LogP contribution in [0.3, 0.4) is 0 Å². The van der Waals surface area contributed by atoms with Gasteiger partial charge in [-0.2, -0.15) is 0 Å². The molecule has 0 N–H and O–H groups in total.